The molecule has 2 aromatic carbocycles. The van der Waals surface area contributed by atoms with E-state index in [0.29, 0.717) is 36.7 Å². The van der Waals surface area contributed by atoms with Crippen LogP contribution in [0.15, 0.2) is 54.6 Å². The number of halogens is 1. The van der Waals surface area contributed by atoms with Crippen LogP contribution in [0, 0.1) is 12.3 Å². The Morgan fingerprint density at radius 2 is 2.00 bits per heavy atom. The Bertz CT molecular complexity index is 886. The highest BCUT2D eigenvalue weighted by atomic mass is 35.5. The van der Waals surface area contributed by atoms with Crippen molar-refractivity contribution < 1.29 is 14.3 Å². The third-order valence-corrected chi connectivity index (χ3v) is 4.99. The standard InChI is InChI=1S/C22H21ClN2O3/c1-2-20(26)25(19-11-6-10-18(23)14-19)22(12-7-13-28-16-22)21(27)24-15-17-8-4-3-5-9-17/h1,3-6,8-11,14H,7,12-13,15-16H2,(H,24,27). The summed E-state index contributed by atoms with van der Waals surface area (Å²) in [6, 6.07) is 16.3. The summed E-state index contributed by atoms with van der Waals surface area (Å²) in [7, 11) is 0. The zero-order valence-corrected chi connectivity index (χ0v) is 16.1. The number of carbonyl (C=O) groups is 2. The molecule has 3 rings (SSSR count). The maximum Gasteiger partial charge on any atom is 0.303 e. The van der Waals surface area contributed by atoms with Gasteiger partial charge >= 0.3 is 5.91 Å². The average molecular weight is 397 g/mol. The van der Waals surface area contributed by atoms with E-state index in [2.05, 4.69) is 11.2 Å². The highest BCUT2D eigenvalue weighted by Crippen LogP contribution is 2.33. The molecule has 0 saturated carbocycles. The minimum atomic E-state index is -1.23. The number of nitrogens with one attached hydrogen (secondary N) is 1. The number of benzene rings is 2. The third-order valence-electron chi connectivity index (χ3n) is 4.76. The lowest BCUT2D eigenvalue weighted by Crippen LogP contribution is -2.65. The van der Waals surface area contributed by atoms with Gasteiger partial charge in [-0.1, -0.05) is 48.0 Å². The summed E-state index contributed by atoms with van der Waals surface area (Å²) < 4.78 is 5.63. The molecule has 2 amide bonds. The highest BCUT2D eigenvalue weighted by molar-refractivity contribution is 6.31. The number of carbonyl (C=O) groups excluding carboxylic acids is 2. The van der Waals surface area contributed by atoms with Crippen LogP contribution in [-0.2, 0) is 20.9 Å². The first-order valence-corrected chi connectivity index (χ1v) is 9.41. The second-order valence-corrected chi connectivity index (χ2v) is 7.06. The van der Waals surface area contributed by atoms with Crippen molar-refractivity contribution in [2.24, 2.45) is 0 Å². The maximum absolute atomic E-state index is 13.3. The van der Waals surface area contributed by atoms with Gasteiger partial charge in [-0.2, -0.15) is 0 Å². The summed E-state index contributed by atoms with van der Waals surface area (Å²) >= 11 is 6.12. The van der Waals surface area contributed by atoms with Gasteiger partial charge in [-0.3, -0.25) is 14.5 Å². The summed E-state index contributed by atoms with van der Waals surface area (Å²) in [4.78, 5) is 27.4. The SMILES string of the molecule is C#CC(=O)N(c1cccc(Cl)c1)C1(C(=O)NCc2ccccc2)CCCOC1. The maximum atomic E-state index is 13.3. The van der Waals surface area contributed by atoms with Crippen molar-refractivity contribution in [2.75, 3.05) is 18.1 Å². The van der Waals surface area contributed by atoms with E-state index in [1.54, 1.807) is 24.3 Å². The summed E-state index contributed by atoms with van der Waals surface area (Å²) in [6.45, 7) is 0.934. The molecule has 28 heavy (non-hydrogen) atoms. The number of rotatable bonds is 5. The predicted molar refractivity (Wildman–Crippen MR) is 109 cm³/mol. The number of nitrogens with zero attached hydrogens (tertiary/aromatic N) is 1. The smallest absolute Gasteiger partial charge is 0.303 e. The molecule has 0 radical (unpaired) electrons. The zero-order chi connectivity index (χ0) is 20.0. The first-order valence-electron chi connectivity index (χ1n) is 9.03. The van der Waals surface area contributed by atoms with E-state index in [4.69, 9.17) is 22.8 Å². The van der Waals surface area contributed by atoms with E-state index in [9.17, 15) is 9.59 Å². The molecule has 0 aromatic heterocycles. The minimum absolute atomic E-state index is 0.0631. The number of amides is 2. The van der Waals surface area contributed by atoms with Crippen LogP contribution in [0.3, 0.4) is 0 Å². The molecule has 5 nitrogen and oxygen atoms in total. The molecule has 144 valence electrons. The topological polar surface area (TPSA) is 58.6 Å². The molecule has 0 spiro atoms. The second kappa shape index (κ2) is 8.92. The number of ether oxygens (including phenoxy) is 1. The number of hydrogen-bond donors (Lipinski definition) is 1. The lowest BCUT2D eigenvalue weighted by Gasteiger charge is -2.43. The van der Waals surface area contributed by atoms with Gasteiger partial charge < -0.3 is 10.1 Å². The predicted octanol–water partition coefficient (Wildman–Crippen LogP) is 3.17. The van der Waals surface area contributed by atoms with Crippen molar-refractivity contribution >= 4 is 29.1 Å². The molecular formula is C22H21ClN2O3. The van der Waals surface area contributed by atoms with E-state index in [0.717, 1.165) is 5.56 Å². The molecule has 1 N–H and O–H groups in total. The molecule has 1 heterocycles. The van der Waals surface area contributed by atoms with Crippen LogP contribution >= 0.6 is 11.6 Å². The number of terminal acetylenes is 1. The van der Waals surface area contributed by atoms with Crippen molar-refractivity contribution in [3.05, 3.63) is 65.2 Å². The van der Waals surface area contributed by atoms with E-state index >= 15 is 0 Å². The molecule has 0 bridgehead atoms. The fourth-order valence-electron chi connectivity index (χ4n) is 3.42. The van der Waals surface area contributed by atoms with Crippen molar-refractivity contribution in [1.29, 1.82) is 0 Å². The van der Waals surface area contributed by atoms with Crippen LogP contribution < -0.4 is 10.2 Å². The van der Waals surface area contributed by atoms with Crippen molar-refractivity contribution in [3.8, 4) is 12.3 Å². The van der Waals surface area contributed by atoms with Gasteiger partial charge in [0.15, 0.2) is 5.54 Å². The van der Waals surface area contributed by atoms with Crippen molar-refractivity contribution in [3.63, 3.8) is 0 Å². The molecule has 6 heteroatoms. The van der Waals surface area contributed by atoms with Gasteiger partial charge in [0.05, 0.1) is 6.61 Å². The Morgan fingerprint density at radius 1 is 1.21 bits per heavy atom. The van der Waals surface area contributed by atoms with Crippen molar-refractivity contribution in [2.45, 2.75) is 24.9 Å². The third kappa shape index (κ3) is 4.19. The van der Waals surface area contributed by atoms with Crippen LogP contribution in [0.2, 0.25) is 5.02 Å². The van der Waals surface area contributed by atoms with Gasteiger partial charge in [0.25, 0.3) is 0 Å². The second-order valence-electron chi connectivity index (χ2n) is 6.62. The van der Waals surface area contributed by atoms with Crippen LogP contribution in [0.25, 0.3) is 0 Å². The van der Waals surface area contributed by atoms with Gasteiger partial charge in [0.2, 0.25) is 5.91 Å². The largest absolute Gasteiger partial charge is 0.378 e. The average Bonchev–Trinajstić information content (AvgIpc) is 2.73. The fraction of sp³-hybridized carbons (Fsp3) is 0.273. The van der Waals surface area contributed by atoms with Crippen LogP contribution in [0.4, 0.5) is 5.69 Å². The van der Waals surface area contributed by atoms with Gasteiger partial charge in [-0.05, 0) is 42.5 Å². The Labute approximate surface area is 169 Å². The lowest BCUT2D eigenvalue weighted by molar-refractivity contribution is -0.134. The molecule has 1 aliphatic heterocycles. The van der Waals surface area contributed by atoms with Gasteiger partial charge in [0, 0.05) is 23.9 Å². The molecule has 1 saturated heterocycles. The Morgan fingerprint density at radius 3 is 2.64 bits per heavy atom. The molecule has 1 atom stereocenters. The van der Waals surface area contributed by atoms with Crippen LogP contribution in [0.1, 0.15) is 18.4 Å². The normalized spacial score (nSPS) is 18.7. The van der Waals surface area contributed by atoms with E-state index < -0.39 is 11.4 Å². The van der Waals surface area contributed by atoms with Crippen molar-refractivity contribution in [1.82, 2.24) is 5.32 Å². The Hall–Kier alpha value is -2.81. The summed E-state index contributed by atoms with van der Waals surface area (Å²) in [5.41, 5.74) is 0.192. The number of hydrogen-bond acceptors (Lipinski definition) is 3. The van der Waals surface area contributed by atoms with Gasteiger partial charge in [0.1, 0.15) is 0 Å². The molecule has 1 aliphatic rings. The lowest BCUT2D eigenvalue weighted by atomic mass is 9.88. The van der Waals surface area contributed by atoms with E-state index in [1.165, 1.54) is 4.90 Å². The molecular weight excluding hydrogens is 376 g/mol. The Balaban J connectivity index is 1.96. The Kier molecular flexibility index (Phi) is 6.35. The highest BCUT2D eigenvalue weighted by Gasteiger charge is 2.48. The molecule has 2 aromatic rings. The van der Waals surface area contributed by atoms with Crippen LogP contribution in [-0.4, -0.2) is 30.6 Å². The van der Waals surface area contributed by atoms with Gasteiger partial charge in [-0.25, -0.2) is 0 Å². The molecule has 0 aliphatic carbocycles. The van der Waals surface area contributed by atoms with Crippen LogP contribution in [0.5, 0.6) is 0 Å². The molecule has 1 unspecified atom stereocenters. The van der Waals surface area contributed by atoms with E-state index in [-0.39, 0.29) is 12.5 Å². The summed E-state index contributed by atoms with van der Waals surface area (Å²) in [6.07, 6.45) is 6.50. The van der Waals surface area contributed by atoms with Gasteiger partial charge in [-0.15, -0.1) is 6.42 Å². The minimum Gasteiger partial charge on any atom is -0.378 e. The monoisotopic (exact) mass is 396 g/mol. The first kappa shape index (κ1) is 19.9. The number of anilines is 1. The van der Waals surface area contributed by atoms with E-state index in [1.807, 2.05) is 30.3 Å². The summed E-state index contributed by atoms with van der Waals surface area (Å²) in [5, 5.41) is 3.39. The fourth-order valence-corrected chi connectivity index (χ4v) is 3.60. The quantitative estimate of drug-likeness (QED) is 0.790. The molecule has 1 fully saturated rings. The summed E-state index contributed by atoms with van der Waals surface area (Å²) in [5.74, 6) is 1.23. The first-order chi connectivity index (χ1) is 13.6. The zero-order valence-electron chi connectivity index (χ0n) is 15.4.